The van der Waals surface area contributed by atoms with Crippen molar-refractivity contribution in [3.63, 3.8) is 0 Å². The molecule has 0 saturated heterocycles. The minimum absolute atomic E-state index is 0.0365. The van der Waals surface area contributed by atoms with E-state index in [1.54, 1.807) is 0 Å². The van der Waals surface area contributed by atoms with Gasteiger partial charge in [0.05, 0.1) is 4.47 Å². The number of aliphatic carboxylic acids is 1. The van der Waals surface area contributed by atoms with Crippen LogP contribution in [0.1, 0.15) is 42.0 Å². The lowest BCUT2D eigenvalue weighted by Gasteiger charge is -2.18. The van der Waals surface area contributed by atoms with E-state index in [0.717, 1.165) is 43.2 Å². The first-order chi connectivity index (χ1) is 8.52. The Bertz CT molecular complexity index is 488. The molecule has 18 heavy (non-hydrogen) atoms. The van der Waals surface area contributed by atoms with Crippen molar-refractivity contribution in [3.8, 4) is 5.75 Å². The van der Waals surface area contributed by atoms with E-state index in [4.69, 9.17) is 10.8 Å². The van der Waals surface area contributed by atoms with E-state index in [0.29, 0.717) is 10.0 Å². The van der Waals surface area contributed by atoms with Crippen LogP contribution in [-0.2, 0) is 17.6 Å². The van der Waals surface area contributed by atoms with Gasteiger partial charge in [0.15, 0.2) is 0 Å². The minimum atomic E-state index is -1.17. The summed E-state index contributed by atoms with van der Waals surface area (Å²) in [6.45, 7) is 0. The van der Waals surface area contributed by atoms with Crippen molar-refractivity contribution in [2.24, 2.45) is 5.73 Å². The number of nitrogens with two attached hydrogens (primary N) is 1. The Kier molecular flexibility index (Phi) is 3.92. The van der Waals surface area contributed by atoms with Crippen molar-refractivity contribution < 1.29 is 15.0 Å². The van der Waals surface area contributed by atoms with Gasteiger partial charge >= 0.3 is 5.97 Å². The zero-order chi connectivity index (χ0) is 13.3. The number of halogens is 1. The van der Waals surface area contributed by atoms with Gasteiger partial charge in [-0.2, -0.15) is 0 Å². The largest absolute Gasteiger partial charge is 0.506 e. The third-order valence-electron chi connectivity index (χ3n) is 3.44. The molecule has 0 saturated carbocycles. The summed E-state index contributed by atoms with van der Waals surface area (Å²) in [7, 11) is 0. The van der Waals surface area contributed by atoms with Gasteiger partial charge in [0.2, 0.25) is 0 Å². The first kappa shape index (κ1) is 13.4. The number of aryl methyl sites for hydroxylation is 1. The first-order valence-electron chi connectivity index (χ1n) is 6.04. The fraction of sp³-hybridized carbons (Fsp3) is 0.462. The molecule has 0 aliphatic heterocycles. The van der Waals surface area contributed by atoms with Crippen molar-refractivity contribution in [2.45, 2.75) is 38.1 Å². The van der Waals surface area contributed by atoms with Gasteiger partial charge in [-0.3, -0.25) is 4.79 Å². The Hall–Kier alpha value is -1.07. The summed E-state index contributed by atoms with van der Waals surface area (Å²) >= 11 is 3.27. The summed E-state index contributed by atoms with van der Waals surface area (Å²) in [5.41, 5.74) is 8.09. The molecular formula is C13H16BrNO3. The molecule has 0 bridgehead atoms. The number of carboxylic acid groups (broad SMARTS) is 1. The molecule has 0 spiro atoms. The molecule has 2 rings (SSSR count). The van der Waals surface area contributed by atoms with Crippen LogP contribution < -0.4 is 5.73 Å². The van der Waals surface area contributed by atoms with Gasteiger partial charge in [-0.25, -0.2) is 0 Å². The van der Waals surface area contributed by atoms with Crippen LogP contribution in [0.5, 0.6) is 5.75 Å². The lowest BCUT2D eigenvalue weighted by Crippen LogP contribution is -2.23. The third-order valence-corrected chi connectivity index (χ3v) is 4.05. The molecule has 0 fully saturated rings. The zero-order valence-corrected chi connectivity index (χ0v) is 11.5. The van der Waals surface area contributed by atoms with Gasteiger partial charge in [-0.1, -0.05) is 6.42 Å². The number of aromatic hydroxyl groups is 1. The van der Waals surface area contributed by atoms with Gasteiger partial charge in [-0.15, -0.1) is 0 Å². The summed E-state index contributed by atoms with van der Waals surface area (Å²) in [5, 5.41) is 19.1. The summed E-state index contributed by atoms with van der Waals surface area (Å²) in [6.07, 6.45) is 4.91. The molecule has 4 nitrogen and oxygen atoms in total. The quantitative estimate of drug-likeness (QED) is 0.732. The summed E-state index contributed by atoms with van der Waals surface area (Å²) < 4.78 is 0.523. The number of phenols is 1. The molecule has 0 aromatic heterocycles. The summed E-state index contributed by atoms with van der Waals surface area (Å²) in [5.74, 6) is -1.15. The van der Waals surface area contributed by atoms with Crippen molar-refractivity contribution in [3.05, 3.63) is 27.2 Å². The number of rotatable bonds is 2. The van der Waals surface area contributed by atoms with Gasteiger partial charge < -0.3 is 15.9 Å². The zero-order valence-electron chi connectivity index (χ0n) is 9.95. The standard InChI is InChI=1S/C13H16BrNO3/c14-9-6-7-4-2-1-3-5-8(7)10(12(9)16)11(15)13(17)18/h6,11,16H,1-5,15H2,(H,17,18). The second kappa shape index (κ2) is 5.28. The van der Waals surface area contributed by atoms with Crippen LogP contribution in [0.4, 0.5) is 0 Å². The summed E-state index contributed by atoms with van der Waals surface area (Å²) in [4.78, 5) is 11.1. The second-order valence-corrected chi connectivity index (χ2v) is 5.49. The van der Waals surface area contributed by atoms with Crippen molar-refractivity contribution in [1.82, 2.24) is 0 Å². The molecule has 1 aliphatic carbocycles. The lowest BCUT2D eigenvalue weighted by atomic mass is 9.92. The van der Waals surface area contributed by atoms with Gasteiger partial charge in [0.1, 0.15) is 11.8 Å². The van der Waals surface area contributed by atoms with Crippen LogP contribution in [0.3, 0.4) is 0 Å². The van der Waals surface area contributed by atoms with Crippen LogP contribution >= 0.6 is 15.9 Å². The van der Waals surface area contributed by atoms with Crippen LogP contribution in [0, 0.1) is 0 Å². The van der Waals surface area contributed by atoms with Crippen molar-refractivity contribution >= 4 is 21.9 Å². The van der Waals surface area contributed by atoms with Crippen LogP contribution in [-0.4, -0.2) is 16.2 Å². The predicted molar refractivity (Wildman–Crippen MR) is 71.6 cm³/mol. The highest BCUT2D eigenvalue weighted by Crippen LogP contribution is 2.38. The van der Waals surface area contributed by atoms with E-state index >= 15 is 0 Å². The number of carbonyl (C=O) groups is 1. The molecular weight excluding hydrogens is 298 g/mol. The highest BCUT2D eigenvalue weighted by atomic mass is 79.9. The minimum Gasteiger partial charge on any atom is -0.506 e. The van der Waals surface area contributed by atoms with E-state index in [2.05, 4.69) is 15.9 Å². The number of hydrogen-bond acceptors (Lipinski definition) is 3. The number of hydrogen-bond donors (Lipinski definition) is 3. The average molecular weight is 314 g/mol. The van der Waals surface area contributed by atoms with E-state index in [1.807, 2.05) is 6.07 Å². The van der Waals surface area contributed by atoms with Gasteiger partial charge in [0.25, 0.3) is 0 Å². The molecule has 0 radical (unpaired) electrons. The smallest absolute Gasteiger partial charge is 0.325 e. The van der Waals surface area contributed by atoms with Crippen molar-refractivity contribution in [1.29, 1.82) is 0 Å². The predicted octanol–water partition coefficient (Wildman–Crippen LogP) is 2.51. The van der Waals surface area contributed by atoms with E-state index in [9.17, 15) is 9.90 Å². The second-order valence-electron chi connectivity index (χ2n) is 4.63. The Morgan fingerprint density at radius 2 is 2.00 bits per heavy atom. The number of phenolic OH excluding ortho intramolecular Hbond substituents is 1. The molecule has 1 aliphatic rings. The average Bonchev–Trinajstić information content (AvgIpc) is 2.55. The number of benzene rings is 1. The highest BCUT2D eigenvalue weighted by molar-refractivity contribution is 9.10. The molecule has 5 heteroatoms. The van der Waals surface area contributed by atoms with Gasteiger partial charge in [0, 0.05) is 5.56 Å². The molecule has 1 aromatic rings. The topological polar surface area (TPSA) is 83.6 Å². The Morgan fingerprint density at radius 1 is 1.33 bits per heavy atom. The van der Waals surface area contributed by atoms with E-state index in [1.165, 1.54) is 0 Å². The Labute approximate surface area is 114 Å². The van der Waals surface area contributed by atoms with Crippen LogP contribution in [0.25, 0.3) is 0 Å². The number of carboxylic acids is 1. The van der Waals surface area contributed by atoms with Crippen LogP contribution in [0.2, 0.25) is 0 Å². The monoisotopic (exact) mass is 313 g/mol. The SMILES string of the molecule is NC(C(=O)O)c1c(O)c(Br)cc2c1CCCCC2. The molecule has 1 atom stereocenters. The highest BCUT2D eigenvalue weighted by Gasteiger charge is 2.26. The Morgan fingerprint density at radius 3 is 2.67 bits per heavy atom. The molecule has 4 N–H and O–H groups in total. The maximum absolute atomic E-state index is 11.1. The number of fused-ring (bicyclic) bond motifs is 1. The lowest BCUT2D eigenvalue weighted by molar-refractivity contribution is -0.138. The first-order valence-corrected chi connectivity index (χ1v) is 6.83. The molecule has 0 amide bonds. The Balaban J connectivity index is 2.61. The maximum Gasteiger partial charge on any atom is 0.325 e. The van der Waals surface area contributed by atoms with Crippen LogP contribution in [0.15, 0.2) is 10.5 Å². The summed E-state index contributed by atoms with van der Waals surface area (Å²) in [6, 6.07) is 0.711. The van der Waals surface area contributed by atoms with Gasteiger partial charge in [-0.05, 0) is 58.8 Å². The maximum atomic E-state index is 11.1. The third kappa shape index (κ3) is 2.37. The molecule has 1 aromatic carbocycles. The van der Waals surface area contributed by atoms with E-state index < -0.39 is 12.0 Å². The molecule has 0 heterocycles. The fourth-order valence-corrected chi connectivity index (χ4v) is 3.01. The molecule has 98 valence electrons. The fourth-order valence-electron chi connectivity index (χ4n) is 2.52. The normalized spacial score (nSPS) is 16.8. The van der Waals surface area contributed by atoms with Crippen molar-refractivity contribution in [2.75, 3.05) is 0 Å². The molecule has 1 unspecified atom stereocenters. The van der Waals surface area contributed by atoms with E-state index in [-0.39, 0.29) is 5.75 Å².